The number of hydrogen-bond donors (Lipinski definition) is 2. The molecule has 0 amide bonds. The Balaban J connectivity index is 2.78. The summed E-state index contributed by atoms with van der Waals surface area (Å²) in [5.74, 6) is -0.478. The maximum absolute atomic E-state index is 11.4. The fourth-order valence-electron chi connectivity index (χ4n) is 1.23. The minimum Gasteiger partial charge on any atom is -0.284 e. The van der Waals surface area contributed by atoms with Gasteiger partial charge in [0.15, 0.2) is 0 Å². The Labute approximate surface area is 111 Å². The summed E-state index contributed by atoms with van der Waals surface area (Å²) in [6, 6.07) is 5.91. The van der Waals surface area contributed by atoms with E-state index in [0.29, 0.717) is 11.3 Å². The van der Waals surface area contributed by atoms with E-state index in [9.17, 15) is 16.8 Å². The van der Waals surface area contributed by atoms with Gasteiger partial charge in [0.2, 0.25) is 20.0 Å². The maximum Gasteiger partial charge on any atom is 0.233 e. The lowest BCUT2D eigenvalue weighted by atomic mass is 10.2. The number of sulfonamides is 2. The molecule has 6 nitrogen and oxygen atoms in total. The molecule has 0 spiro atoms. The highest BCUT2D eigenvalue weighted by Crippen LogP contribution is 2.13. The molecule has 0 aliphatic rings. The maximum atomic E-state index is 11.4. The van der Waals surface area contributed by atoms with E-state index in [1.54, 1.807) is 0 Å². The third-order valence-corrected chi connectivity index (χ3v) is 4.38. The average molecular weight is 313 g/mol. The molecule has 0 aromatic heterocycles. The summed E-state index contributed by atoms with van der Waals surface area (Å²) in [6.45, 7) is 0. The summed E-state index contributed by atoms with van der Waals surface area (Å²) in [4.78, 5) is 0. The predicted octanol–water partition coefficient (Wildman–Crippen LogP) is 0.456. The van der Waals surface area contributed by atoms with Gasteiger partial charge >= 0.3 is 0 Å². The first kappa shape index (κ1) is 15.2. The summed E-state index contributed by atoms with van der Waals surface area (Å²) < 4.78 is 46.8. The Hall–Kier alpha value is -0.830. The largest absolute Gasteiger partial charge is 0.284 e. The number of alkyl halides is 1. The van der Waals surface area contributed by atoms with Gasteiger partial charge in [0.05, 0.1) is 11.5 Å². The van der Waals surface area contributed by atoms with Crippen LogP contribution in [0.2, 0.25) is 0 Å². The molecule has 0 saturated carbocycles. The average Bonchev–Trinajstić information content (AvgIpc) is 2.18. The Kier molecular flexibility index (Phi) is 4.97. The molecule has 1 aromatic rings. The zero-order valence-electron chi connectivity index (χ0n) is 9.34. The van der Waals surface area contributed by atoms with Crippen LogP contribution < -0.4 is 9.86 Å². The second kappa shape index (κ2) is 5.87. The van der Waals surface area contributed by atoms with Gasteiger partial charge in [-0.3, -0.25) is 4.72 Å². The lowest BCUT2D eigenvalue weighted by Crippen LogP contribution is -2.17. The first-order chi connectivity index (χ1) is 8.22. The van der Waals surface area contributed by atoms with E-state index in [0.717, 1.165) is 0 Å². The SMILES string of the molecule is NS(=O)(=O)Cc1ccc(NS(=O)(=O)CCCl)cc1. The first-order valence-electron chi connectivity index (χ1n) is 4.88. The van der Waals surface area contributed by atoms with Crippen molar-refractivity contribution in [3.05, 3.63) is 29.8 Å². The van der Waals surface area contributed by atoms with Gasteiger partial charge in [0.25, 0.3) is 0 Å². The lowest BCUT2D eigenvalue weighted by Gasteiger charge is -2.07. The molecule has 3 N–H and O–H groups in total. The predicted molar refractivity (Wildman–Crippen MR) is 71.4 cm³/mol. The van der Waals surface area contributed by atoms with Gasteiger partial charge in [-0.25, -0.2) is 22.0 Å². The quantitative estimate of drug-likeness (QED) is 0.744. The highest BCUT2D eigenvalue weighted by Gasteiger charge is 2.10. The molecular weight excluding hydrogens is 300 g/mol. The van der Waals surface area contributed by atoms with Crippen molar-refractivity contribution < 1.29 is 16.8 Å². The molecular formula is C9H13ClN2O4S2. The Morgan fingerprint density at radius 3 is 2.11 bits per heavy atom. The van der Waals surface area contributed by atoms with Crippen LogP contribution in [0.4, 0.5) is 5.69 Å². The highest BCUT2D eigenvalue weighted by molar-refractivity contribution is 7.92. The summed E-state index contributed by atoms with van der Waals surface area (Å²) >= 11 is 5.35. The van der Waals surface area contributed by atoms with Gasteiger partial charge in [-0.2, -0.15) is 0 Å². The first-order valence-corrected chi connectivity index (χ1v) is 8.78. The summed E-state index contributed by atoms with van der Waals surface area (Å²) in [7, 11) is -7.05. The van der Waals surface area contributed by atoms with E-state index >= 15 is 0 Å². The van der Waals surface area contributed by atoms with Crippen LogP contribution in [0.25, 0.3) is 0 Å². The second-order valence-corrected chi connectivity index (χ2v) is 7.45. The minimum atomic E-state index is -3.59. The molecule has 18 heavy (non-hydrogen) atoms. The number of rotatable bonds is 6. The Morgan fingerprint density at radius 2 is 1.67 bits per heavy atom. The standard InChI is InChI=1S/C9H13ClN2O4S2/c10-5-6-18(15,16)12-9-3-1-8(2-4-9)7-17(11,13)14/h1-4,12H,5-7H2,(H2,11,13,14). The number of nitrogens with two attached hydrogens (primary N) is 1. The molecule has 0 aliphatic heterocycles. The van der Waals surface area contributed by atoms with Crippen molar-refractivity contribution in [1.82, 2.24) is 0 Å². The van der Waals surface area contributed by atoms with E-state index in [1.165, 1.54) is 24.3 Å². The topological polar surface area (TPSA) is 106 Å². The molecule has 0 bridgehead atoms. The molecule has 0 unspecified atom stereocenters. The van der Waals surface area contributed by atoms with E-state index in [1.807, 2.05) is 0 Å². The third-order valence-electron chi connectivity index (χ3n) is 1.94. The molecule has 0 aliphatic carbocycles. The number of nitrogens with one attached hydrogen (secondary N) is 1. The summed E-state index contributed by atoms with van der Waals surface area (Å²) in [6.07, 6.45) is 0. The molecule has 102 valence electrons. The van der Waals surface area contributed by atoms with Gasteiger partial charge < -0.3 is 0 Å². The van der Waals surface area contributed by atoms with Gasteiger partial charge in [0.1, 0.15) is 0 Å². The van der Waals surface area contributed by atoms with Crippen molar-refractivity contribution >= 4 is 37.3 Å². The van der Waals surface area contributed by atoms with Crippen LogP contribution in [0, 0.1) is 0 Å². The smallest absolute Gasteiger partial charge is 0.233 e. The van der Waals surface area contributed by atoms with Gasteiger partial charge in [-0.1, -0.05) is 12.1 Å². The zero-order valence-corrected chi connectivity index (χ0v) is 11.7. The molecule has 0 atom stereocenters. The fourth-order valence-corrected chi connectivity index (χ4v) is 3.30. The lowest BCUT2D eigenvalue weighted by molar-refractivity contribution is 0.596. The van der Waals surface area contributed by atoms with Gasteiger partial charge in [-0.15, -0.1) is 11.6 Å². The van der Waals surface area contributed by atoms with Crippen LogP contribution in [0.1, 0.15) is 5.56 Å². The zero-order chi connectivity index (χ0) is 13.8. The van der Waals surface area contributed by atoms with Gasteiger partial charge in [0, 0.05) is 11.6 Å². The van der Waals surface area contributed by atoms with Crippen LogP contribution in [0.15, 0.2) is 24.3 Å². The van der Waals surface area contributed by atoms with Crippen LogP contribution >= 0.6 is 11.6 Å². The molecule has 0 saturated heterocycles. The van der Waals surface area contributed by atoms with Crippen LogP contribution in [-0.2, 0) is 25.8 Å². The summed E-state index contributed by atoms with van der Waals surface area (Å²) in [5, 5.41) is 4.89. The second-order valence-electron chi connectivity index (χ2n) is 3.61. The Morgan fingerprint density at radius 1 is 1.11 bits per heavy atom. The van der Waals surface area contributed by atoms with Crippen molar-refractivity contribution in [2.75, 3.05) is 16.4 Å². The van der Waals surface area contributed by atoms with Crippen molar-refractivity contribution in [2.45, 2.75) is 5.75 Å². The molecule has 0 radical (unpaired) electrons. The number of halogens is 1. The molecule has 0 fully saturated rings. The van der Waals surface area contributed by atoms with Crippen molar-refractivity contribution in [1.29, 1.82) is 0 Å². The van der Waals surface area contributed by atoms with Crippen molar-refractivity contribution in [3.63, 3.8) is 0 Å². The van der Waals surface area contributed by atoms with Gasteiger partial charge in [-0.05, 0) is 17.7 Å². The Bertz CT molecular complexity index is 596. The number of anilines is 1. The van der Waals surface area contributed by atoms with Crippen LogP contribution in [-0.4, -0.2) is 28.5 Å². The third kappa shape index (κ3) is 5.67. The van der Waals surface area contributed by atoms with E-state index in [2.05, 4.69) is 4.72 Å². The van der Waals surface area contributed by atoms with E-state index in [-0.39, 0.29) is 17.4 Å². The number of benzene rings is 1. The fraction of sp³-hybridized carbons (Fsp3) is 0.333. The number of hydrogen-bond acceptors (Lipinski definition) is 4. The molecule has 0 heterocycles. The van der Waals surface area contributed by atoms with E-state index < -0.39 is 20.0 Å². The normalized spacial score (nSPS) is 12.3. The molecule has 1 aromatic carbocycles. The summed E-state index contributed by atoms with van der Waals surface area (Å²) in [5.41, 5.74) is 0.830. The van der Waals surface area contributed by atoms with Crippen LogP contribution in [0.3, 0.4) is 0 Å². The molecule has 1 rings (SSSR count). The van der Waals surface area contributed by atoms with Crippen molar-refractivity contribution in [2.24, 2.45) is 5.14 Å². The monoisotopic (exact) mass is 312 g/mol. The van der Waals surface area contributed by atoms with Crippen molar-refractivity contribution in [3.8, 4) is 0 Å². The molecule has 9 heteroatoms. The highest BCUT2D eigenvalue weighted by atomic mass is 35.5. The van der Waals surface area contributed by atoms with E-state index in [4.69, 9.17) is 16.7 Å². The van der Waals surface area contributed by atoms with Crippen LogP contribution in [0.5, 0.6) is 0 Å². The number of primary sulfonamides is 1. The minimum absolute atomic E-state index is 0.00116.